The lowest BCUT2D eigenvalue weighted by Gasteiger charge is -2.42. The van der Waals surface area contributed by atoms with E-state index in [2.05, 4.69) is 158 Å². The SMILES string of the molecule is CC1(C)c2ccccc2N(c2ccccc2)c2ccc(-c3cccc(-c4cc(-c5ccccc5)nc(-c5ccccc5)n4)c3)cc21. The Morgan fingerprint density at radius 1 is 0.413 bits per heavy atom. The molecule has 0 aliphatic carbocycles. The van der Waals surface area contributed by atoms with E-state index in [1.165, 1.54) is 28.1 Å². The monoisotopic (exact) mass is 591 g/mol. The molecule has 0 atom stereocenters. The summed E-state index contributed by atoms with van der Waals surface area (Å²) >= 11 is 0. The van der Waals surface area contributed by atoms with Crippen molar-refractivity contribution in [1.29, 1.82) is 0 Å². The predicted molar refractivity (Wildman–Crippen MR) is 191 cm³/mol. The number of anilines is 3. The van der Waals surface area contributed by atoms with Crippen LogP contribution < -0.4 is 4.90 Å². The molecular weight excluding hydrogens is 558 g/mol. The summed E-state index contributed by atoms with van der Waals surface area (Å²) < 4.78 is 0. The highest BCUT2D eigenvalue weighted by molar-refractivity contribution is 5.88. The Morgan fingerprint density at radius 2 is 0.957 bits per heavy atom. The lowest BCUT2D eigenvalue weighted by Crippen LogP contribution is -2.30. The number of hydrogen-bond donors (Lipinski definition) is 0. The molecule has 3 heteroatoms. The van der Waals surface area contributed by atoms with Gasteiger partial charge in [-0.2, -0.15) is 0 Å². The normalized spacial score (nSPS) is 13.1. The number of fused-ring (bicyclic) bond motifs is 2. The largest absolute Gasteiger partial charge is 0.310 e. The highest BCUT2D eigenvalue weighted by atomic mass is 15.2. The van der Waals surface area contributed by atoms with Gasteiger partial charge >= 0.3 is 0 Å². The van der Waals surface area contributed by atoms with Gasteiger partial charge in [0.1, 0.15) is 0 Å². The number of benzene rings is 6. The number of rotatable bonds is 5. The lowest BCUT2D eigenvalue weighted by atomic mass is 9.73. The zero-order valence-corrected chi connectivity index (χ0v) is 25.9. The van der Waals surface area contributed by atoms with E-state index in [0.717, 1.165) is 45.2 Å². The van der Waals surface area contributed by atoms with Crippen molar-refractivity contribution in [3.8, 4) is 45.0 Å². The first kappa shape index (κ1) is 27.7. The number of para-hydroxylation sites is 2. The van der Waals surface area contributed by atoms with Crippen LogP contribution in [0.25, 0.3) is 45.0 Å². The van der Waals surface area contributed by atoms with E-state index < -0.39 is 0 Å². The minimum absolute atomic E-state index is 0.174. The summed E-state index contributed by atoms with van der Waals surface area (Å²) in [6.07, 6.45) is 0. The summed E-state index contributed by atoms with van der Waals surface area (Å²) in [6.45, 7) is 4.68. The van der Waals surface area contributed by atoms with Gasteiger partial charge in [-0.25, -0.2) is 9.97 Å². The Hall–Kier alpha value is -5.80. The quantitative estimate of drug-likeness (QED) is 0.199. The third-order valence-corrected chi connectivity index (χ3v) is 9.06. The molecule has 8 rings (SSSR count). The van der Waals surface area contributed by atoms with Gasteiger partial charge in [0.15, 0.2) is 5.82 Å². The topological polar surface area (TPSA) is 29.0 Å². The van der Waals surface area contributed by atoms with Crippen LogP contribution in [0, 0.1) is 0 Å². The van der Waals surface area contributed by atoms with E-state index in [1.807, 2.05) is 24.3 Å². The molecule has 0 saturated heterocycles. The van der Waals surface area contributed by atoms with Gasteiger partial charge in [-0.1, -0.05) is 135 Å². The second-order valence-corrected chi connectivity index (χ2v) is 12.3. The summed E-state index contributed by atoms with van der Waals surface area (Å²) in [5, 5.41) is 0. The van der Waals surface area contributed by atoms with Gasteiger partial charge in [0.25, 0.3) is 0 Å². The third kappa shape index (κ3) is 4.87. The van der Waals surface area contributed by atoms with Crippen molar-refractivity contribution < 1.29 is 0 Å². The molecule has 1 aliphatic heterocycles. The van der Waals surface area contributed by atoms with Crippen LogP contribution >= 0.6 is 0 Å². The van der Waals surface area contributed by atoms with E-state index in [-0.39, 0.29) is 5.41 Å². The molecule has 220 valence electrons. The average Bonchev–Trinajstić information content (AvgIpc) is 3.13. The molecule has 0 radical (unpaired) electrons. The van der Waals surface area contributed by atoms with Gasteiger partial charge < -0.3 is 4.90 Å². The molecule has 0 unspecified atom stereocenters. The number of aromatic nitrogens is 2. The molecule has 7 aromatic rings. The standard InChI is InChI=1S/C43H33N3/c1-43(2)36-23-12-13-24-40(36)46(35-21-10-5-11-22-35)41-26-25-33(28-37(41)43)32-19-14-20-34(27-32)39-29-38(30-15-6-3-7-16-30)44-42(45-39)31-17-8-4-9-18-31/h3-29H,1-2H3. The van der Waals surface area contributed by atoms with Crippen molar-refractivity contribution in [2.45, 2.75) is 19.3 Å². The molecule has 0 N–H and O–H groups in total. The molecule has 0 fully saturated rings. The summed E-state index contributed by atoms with van der Waals surface area (Å²) in [4.78, 5) is 12.5. The average molecular weight is 592 g/mol. The summed E-state index contributed by atoms with van der Waals surface area (Å²) in [6, 6.07) is 57.7. The second kappa shape index (κ2) is 11.3. The highest BCUT2D eigenvalue weighted by Crippen LogP contribution is 2.52. The van der Waals surface area contributed by atoms with Gasteiger partial charge in [0.05, 0.1) is 22.8 Å². The first-order valence-corrected chi connectivity index (χ1v) is 15.8. The molecule has 1 aromatic heterocycles. The molecule has 3 nitrogen and oxygen atoms in total. The maximum Gasteiger partial charge on any atom is 0.160 e. The van der Waals surface area contributed by atoms with Crippen molar-refractivity contribution in [1.82, 2.24) is 9.97 Å². The fourth-order valence-electron chi connectivity index (χ4n) is 6.66. The molecule has 0 spiro atoms. The van der Waals surface area contributed by atoms with Gasteiger partial charge in [-0.15, -0.1) is 0 Å². The molecule has 0 bridgehead atoms. The fourth-order valence-corrected chi connectivity index (χ4v) is 6.66. The Bertz CT molecular complexity index is 2110. The van der Waals surface area contributed by atoms with E-state index in [1.54, 1.807) is 0 Å². The van der Waals surface area contributed by atoms with E-state index >= 15 is 0 Å². The Labute approximate surface area is 270 Å². The summed E-state index contributed by atoms with van der Waals surface area (Å²) in [5.74, 6) is 0.720. The second-order valence-electron chi connectivity index (χ2n) is 12.3. The maximum absolute atomic E-state index is 5.08. The lowest BCUT2D eigenvalue weighted by molar-refractivity contribution is 0.632. The van der Waals surface area contributed by atoms with E-state index in [9.17, 15) is 0 Å². The number of nitrogens with zero attached hydrogens (tertiary/aromatic N) is 3. The van der Waals surface area contributed by atoms with Gasteiger partial charge in [-0.3, -0.25) is 0 Å². The summed E-state index contributed by atoms with van der Waals surface area (Å²) in [5.41, 5.74) is 13.3. The molecular formula is C43H33N3. The smallest absolute Gasteiger partial charge is 0.160 e. The Kier molecular flexibility index (Phi) is 6.80. The van der Waals surface area contributed by atoms with Crippen molar-refractivity contribution >= 4 is 17.1 Å². The zero-order chi connectivity index (χ0) is 31.1. The minimum atomic E-state index is -0.174. The van der Waals surface area contributed by atoms with E-state index in [4.69, 9.17) is 9.97 Å². The van der Waals surface area contributed by atoms with Crippen LogP contribution in [0.3, 0.4) is 0 Å². The first-order valence-electron chi connectivity index (χ1n) is 15.8. The third-order valence-electron chi connectivity index (χ3n) is 9.06. The van der Waals surface area contributed by atoms with Gasteiger partial charge in [0, 0.05) is 27.8 Å². The number of hydrogen-bond acceptors (Lipinski definition) is 3. The molecule has 0 amide bonds. The van der Waals surface area contributed by atoms with Crippen LogP contribution in [0.15, 0.2) is 164 Å². The van der Waals surface area contributed by atoms with Crippen LogP contribution in [0.1, 0.15) is 25.0 Å². The van der Waals surface area contributed by atoms with Crippen LogP contribution in [0.4, 0.5) is 17.1 Å². The molecule has 46 heavy (non-hydrogen) atoms. The molecule has 1 aliphatic rings. The molecule has 0 saturated carbocycles. The van der Waals surface area contributed by atoms with Crippen molar-refractivity contribution in [2.75, 3.05) is 4.90 Å². The van der Waals surface area contributed by atoms with Gasteiger partial charge in [-0.05, 0) is 64.7 Å². The highest BCUT2D eigenvalue weighted by Gasteiger charge is 2.36. The van der Waals surface area contributed by atoms with Crippen LogP contribution in [-0.2, 0) is 5.41 Å². The summed E-state index contributed by atoms with van der Waals surface area (Å²) in [7, 11) is 0. The maximum atomic E-state index is 5.08. The first-order chi connectivity index (χ1) is 22.6. The van der Waals surface area contributed by atoms with Crippen LogP contribution in [0.5, 0.6) is 0 Å². The fraction of sp³-hybridized carbons (Fsp3) is 0.0698. The molecule has 6 aromatic carbocycles. The Morgan fingerprint density at radius 3 is 1.70 bits per heavy atom. The van der Waals surface area contributed by atoms with Crippen molar-refractivity contribution in [3.63, 3.8) is 0 Å². The Balaban J connectivity index is 1.25. The minimum Gasteiger partial charge on any atom is -0.310 e. The zero-order valence-electron chi connectivity index (χ0n) is 25.9. The van der Waals surface area contributed by atoms with E-state index in [0.29, 0.717) is 0 Å². The van der Waals surface area contributed by atoms with Crippen molar-refractivity contribution in [2.24, 2.45) is 0 Å². The van der Waals surface area contributed by atoms with Crippen LogP contribution in [-0.4, -0.2) is 9.97 Å². The predicted octanol–water partition coefficient (Wildman–Crippen LogP) is 11.3. The van der Waals surface area contributed by atoms with Crippen molar-refractivity contribution in [3.05, 3.63) is 175 Å². The molecule has 2 heterocycles. The van der Waals surface area contributed by atoms with Crippen LogP contribution in [0.2, 0.25) is 0 Å². The van der Waals surface area contributed by atoms with Gasteiger partial charge in [0.2, 0.25) is 0 Å².